The van der Waals surface area contributed by atoms with Crippen molar-refractivity contribution in [3.63, 3.8) is 0 Å². The number of ether oxygens (including phenoxy) is 1. The number of carbonyl (C=O) groups excluding carboxylic acids is 1. The topological polar surface area (TPSA) is 127 Å². The first-order valence-corrected chi connectivity index (χ1v) is 5.38. The van der Waals surface area contributed by atoms with E-state index in [1.165, 1.54) is 0 Å². The van der Waals surface area contributed by atoms with Gasteiger partial charge in [-0.1, -0.05) is 18.2 Å². The summed E-state index contributed by atoms with van der Waals surface area (Å²) in [4.78, 5) is 10.6. The van der Waals surface area contributed by atoms with Crippen molar-refractivity contribution in [1.82, 2.24) is 0 Å². The predicted molar refractivity (Wildman–Crippen MR) is 55.3 cm³/mol. The third-order valence-electron chi connectivity index (χ3n) is 1.14. The number of benzene rings is 1. The van der Waals surface area contributed by atoms with Crippen molar-refractivity contribution in [1.29, 1.82) is 0 Å². The van der Waals surface area contributed by atoms with Crippen LogP contribution in [0.1, 0.15) is 0 Å². The van der Waals surface area contributed by atoms with Gasteiger partial charge in [-0.3, -0.25) is 13.9 Å². The molecule has 0 amide bonds. The van der Waals surface area contributed by atoms with Crippen molar-refractivity contribution < 1.29 is 27.1 Å². The molecule has 0 unspecified atom stereocenters. The summed E-state index contributed by atoms with van der Waals surface area (Å²) >= 11 is 0. The van der Waals surface area contributed by atoms with Crippen molar-refractivity contribution in [2.24, 2.45) is 5.73 Å². The number of esters is 1. The van der Waals surface area contributed by atoms with Crippen LogP contribution in [0.25, 0.3) is 0 Å². The zero-order valence-electron chi connectivity index (χ0n) is 8.11. The Morgan fingerprint density at radius 1 is 1.25 bits per heavy atom. The Balaban J connectivity index is 0.000000385. The molecule has 1 aromatic carbocycles. The van der Waals surface area contributed by atoms with Crippen molar-refractivity contribution in [3.8, 4) is 5.75 Å². The van der Waals surface area contributed by atoms with Crippen LogP contribution in [-0.4, -0.2) is 30.0 Å². The number of hydrogen-bond acceptors (Lipinski definition) is 5. The number of hydrogen-bond donors (Lipinski definition) is 3. The maximum Gasteiger partial charge on any atom is 0.394 e. The second-order valence-corrected chi connectivity index (χ2v) is 3.33. The molecule has 16 heavy (non-hydrogen) atoms. The van der Waals surface area contributed by atoms with Crippen LogP contribution in [0.3, 0.4) is 0 Å². The lowest BCUT2D eigenvalue weighted by Crippen LogP contribution is -2.19. The Morgan fingerprint density at radius 2 is 1.69 bits per heavy atom. The highest BCUT2D eigenvalue weighted by Gasteiger charge is 1.98. The third kappa shape index (κ3) is 10.6. The Hall–Kier alpha value is -1.48. The van der Waals surface area contributed by atoms with E-state index in [1.807, 2.05) is 6.07 Å². The molecule has 0 aliphatic rings. The Kier molecular flexibility index (Phi) is 6.27. The van der Waals surface area contributed by atoms with E-state index < -0.39 is 16.4 Å². The van der Waals surface area contributed by atoms with Gasteiger partial charge in [0.15, 0.2) is 0 Å². The van der Waals surface area contributed by atoms with Crippen molar-refractivity contribution in [2.75, 3.05) is 6.54 Å². The minimum atomic E-state index is -4.67. The first kappa shape index (κ1) is 14.5. The summed E-state index contributed by atoms with van der Waals surface area (Å²) in [6.45, 7) is -0.0884. The van der Waals surface area contributed by atoms with Crippen molar-refractivity contribution >= 4 is 16.4 Å². The van der Waals surface area contributed by atoms with Gasteiger partial charge in [0.05, 0.1) is 6.54 Å². The predicted octanol–water partition coefficient (Wildman–Crippen LogP) is -0.102. The average molecular weight is 249 g/mol. The average Bonchev–Trinajstić information content (AvgIpc) is 2.16. The molecule has 0 aliphatic carbocycles. The summed E-state index contributed by atoms with van der Waals surface area (Å²) in [5, 5.41) is 0. The summed E-state index contributed by atoms with van der Waals surface area (Å²) in [7, 11) is -4.67. The molecule has 1 aromatic rings. The standard InChI is InChI=1S/C8H9NO2.H2O4S/c9-6-8(10)11-7-4-2-1-3-5-7;1-5(2,3)4/h1-5H,6,9H2;(H2,1,2,3,4). The molecular formula is C8H11NO6S. The Labute approximate surface area is 92.4 Å². The Morgan fingerprint density at radius 3 is 2.06 bits per heavy atom. The molecule has 0 atom stereocenters. The normalized spacial score (nSPS) is 9.94. The monoisotopic (exact) mass is 249 g/mol. The number of rotatable bonds is 2. The molecule has 0 heterocycles. The summed E-state index contributed by atoms with van der Waals surface area (Å²) in [6.07, 6.45) is 0. The van der Waals surface area contributed by atoms with Gasteiger partial charge in [0.2, 0.25) is 0 Å². The van der Waals surface area contributed by atoms with Gasteiger partial charge in [-0.2, -0.15) is 8.42 Å². The van der Waals surface area contributed by atoms with E-state index in [2.05, 4.69) is 0 Å². The molecule has 0 aromatic heterocycles. The van der Waals surface area contributed by atoms with Crippen LogP contribution < -0.4 is 10.5 Å². The van der Waals surface area contributed by atoms with Crippen molar-refractivity contribution in [3.05, 3.63) is 30.3 Å². The highest BCUT2D eigenvalue weighted by Crippen LogP contribution is 2.07. The highest BCUT2D eigenvalue weighted by atomic mass is 32.3. The molecule has 1 rings (SSSR count). The lowest BCUT2D eigenvalue weighted by Gasteiger charge is -1.99. The van der Waals surface area contributed by atoms with E-state index in [0.29, 0.717) is 5.75 Å². The summed E-state index contributed by atoms with van der Waals surface area (Å²) in [5.41, 5.74) is 5.05. The highest BCUT2D eigenvalue weighted by molar-refractivity contribution is 7.79. The molecule has 8 heteroatoms. The van der Waals surface area contributed by atoms with E-state index >= 15 is 0 Å². The lowest BCUT2D eigenvalue weighted by atomic mass is 10.3. The zero-order chi connectivity index (χ0) is 12.6. The van der Waals surface area contributed by atoms with Gasteiger partial charge in [-0.25, -0.2) is 0 Å². The second kappa shape index (κ2) is 6.90. The number of carbonyl (C=O) groups is 1. The second-order valence-electron chi connectivity index (χ2n) is 2.44. The Bertz CT molecular complexity index is 407. The molecule has 0 spiro atoms. The van der Waals surface area contributed by atoms with Crippen molar-refractivity contribution in [2.45, 2.75) is 0 Å². The van der Waals surface area contributed by atoms with Gasteiger partial charge in [-0.05, 0) is 12.1 Å². The first-order valence-electron chi connectivity index (χ1n) is 3.98. The molecule has 0 saturated carbocycles. The van der Waals surface area contributed by atoms with Crippen LogP contribution in [0.4, 0.5) is 0 Å². The van der Waals surface area contributed by atoms with Crippen LogP contribution in [0.2, 0.25) is 0 Å². The third-order valence-corrected chi connectivity index (χ3v) is 1.14. The lowest BCUT2D eigenvalue weighted by molar-refractivity contribution is -0.132. The zero-order valence-corrected chi connectivity index (χ0v) is 8.92. The fraction of sp³-hybridized carbons (Fsp3) is 0.125. The number of nitrogens with two attached hydrogens (primary N) is 1. The van der Waals surface area contributed by atoms with Gasteiger partial charge < -0.3 is 10.5 Å². The van der Waals surface area contributed by atoms with Gasteiger partial charge in [0.25, 0.3) is 0 Å². The fourth-order valence-corrected chi connectivity index (χ4v) is 0.662. The van der Waals surface area contributed by atoms with E-state index in [9.17, 15) is 4.79 Å². The SMILES string of the molecule is NCC(=O)Oc1ccccc1.O=S(=O)(O)O. The minimum Gasteiger partial charge on any atom is -0.426 e. The van der Waals surface area contributed by atoms with Gasteiger partial charge in [0, 0.05) is 0 Å². The molecule has 7 nitrogen and oxygen atoms in total. The molecule has 0 aliphatic heterocycles. The number of para-hydroxylation sites is 1. The molecule has 90 valence electrons. The summed E-state index contributed by atoms with van der Waals surface area (Å²) in [5.74, 6) is 0.110. The quantitative estimate of drug-likeness (QED) is 0.379. The van der Waals surface area contributed by atoms with Gasteiger partial charge >= 0.3 is 16.4 Å². The molecule has 0 radical (unpaired) electrons. The molecule has 0 saturated heterocycles. The molecule has 0 fully saturated rings. The van der Waals surface area contributed by atoms with Crippen LogP contribution in [0, 0.1) is 0 Å². The minimum absolute atomic E-state index is 0.0884. The smallest absolute Gasteiger partial charge is 0.394 e. The van der Waals surface area contributed by atoms with Gasteiger partial charge in [0.1, 0.15) is 5.75 Å². The van der Waals surface area contributed by atoms with Crippen LogP contribution in [-0.2, 0) is 15.2 Å². The van der Waals surface area contributed by atoms with Crippen LogP contribution in [0.5, 0.6) is 5.75 Å². The molecule has 4 N–H and O–H groups in total. The molecular weight excluding hydrogens is 238 g/mol. The summed E-state index contributed by atoms with van der Waals surface area (Å²) < 4.78 is 36.4. The summed E-state index contributed by atoms with van der Waals surface area (Å²) in [6, 6.07) is 8.83. The first-order chi connectivity index (χ1) is 7.33. The van der Waals surface area contributed by atoms with E-state index in [-0.39, 0.29) is 6.54 Å². The largest absolute Gasteiger partial charge is 0.426 e. The van der Waals surface area contributed by atoms with E-state index in [4.69, 9.17) is 28.0 Å². The van der Waals surface area contributed by atoms with E-state index in [0.717, 1.165) is 0 Å². The molecule has 0 bridgehead atoms. The van der Waals surface area contributed by atoms with Crippen LogP contribution in [0.15, 0.2) is 30.3 Å². The fourth-order valence-electron chi connectivity index (χ4n) is 0.662. The van der Waals surface area contributed by atoms with Crippen LogP contribution >= 0.6 is 0 Å². The van der Waals surface area contributed by atoms with E-state index in [1.54, 1.807) is 24.3 Å². The van der Waals surface area contributed by atoms with Gasteiger partial charge in [-0.15, -0.1) is 0 Å². The maximum atomic E-state index is 10.6. The maximum absolute atomic E-state index is 10.6.